The quantitative estimate of drug-likeness (QED) is 0.630. The molecular weight excluding hydrogens is 366 g/mol. The van der Waals surface area contributed by atoms with Gasteiger partial charge in [-0.25, -0.2) is 4.98 Å². The molecule has 0 aliphatic heterocycles. The van der Waals surface area contributed by atoms with Crippen LogP contribution in [-0.2, 0) is 4.79 Å². The Labute approximate surface area is 160 Å². The van der Waals surface area contributed by atoms with Gasteiger partial charge >= 0.3 is 0 Å². The van der Waals surface area contributed by atoms with Crippen LogP contribution in [0.4, 0.5) is 5.13 Å². The molecule has 1 saturated carbocycles. The molecule has 0 spiro atoms. The summed E-state index contributed by atoms with van der Waals surface area (Å²) in [6.07, 6.45) is 6.21. The third-order valence-electron chi connectivity index (χ3n) is 4.60. The molecule has 6 nitrogen and oxygen atoms in total. The number of hydrogen-bond acceptors (Lipinski definition) is 6. The van der Waals surface area contributed by atoms with Crippen LogP contribution in [0.15, 0.2) is 23.4 Å². The van der Waals surface area contributed by atoms with E-state index in [0.717, 1.165) is 21.2 Å². The largest absolute Gasteiger partial charge is 0.333 e. The number of nitrogens with zero attached hydrogens (tertiary/aromatic N) is 3. The molecule has 0 atom stereocenters. The summed E-state index contributed by atoms with van der Waals surface area (Å²) in [7, 11) is 0. The zero-order valence-corrected chi connectivity index (χ0v) is 16.3. The summed E-state index contributed by atoms with van der Waals surface area (Å²) in [6.45, 7) is 2.05. The fraction of sp³-hybridized carbons (Fsp3) is 0.444. The van der Waals surface area contributed by atoms with Gasteiger partial charge in [0, 0.05) is 5.92 Å². The molecule has 1 amide bonds. The van der Waals surface area contributed by atoms with Crippen LogP contribution in [0.2, 0.25) is 0 Å². The van der Waals surface area contributed by atoms with Crippen LogP contribution < -0.4 is 5.32 Å². The standard InChI is InChI=1S/C18H21N5OS2/c1-11-7-8-13-14(9-11)20-17(19-13)25-10-15(24)21-18-23-22-16(26-18)12-5-3-2-4-6-12/h7-9,12H,2-6,10H2,1H3,(H,19,20)(H,21,23,24). The second kappa shape index (κ2) is 7.75. The molecule has 3 aromatic rings. The molecule has 1 aliphatic carbocycles. The second-order valence-corrected chi connectivity index (χ2v) is 8.65. The van der Waals surface area contributed by atoms with E-state index < -0.39 is 0 Å². The number of aromatic amines is 1. The van der Waals surface area contributed by atoms with Crippen LogP contribution in [0.25, 0.3) is 11.0 Å². The number of hydrogen-bond donors (Lipinski definition) is 2. The van der Waals surface area contributed by atoms with Crippen molar-refractivity contribution in [3.8, 4) is 0 Å². The van der Waals surface area contributed by atoms with E-state index >= 15 is 0 Å². The third-order valence-corrected chi connectivity index (χ3v) is 6.47. The zero-order chi connectivity index (χ0) is 17.9. The van der Waals surface area contributed by atoms with Crippen molar-refractivity contribution >= 4 is 45.2 Å². The number of anilines is 1. The first-order valence-electron chi connectivity index (χ1n) is 8.90. The first-order valence-corrected chi connectivity index (χ1v) is 10.7. The number of aromatic nitrogens is 4. The monoisotopic (exact) mass is 387 g/mol. The number of imidazole rings is 1. The maximum absolute atomic E-state index is 12.2. The van der Waals surface area contributed by atoms with Gasteiger partial charge in [-0.05, 0) is 37.5 Å². The van der Waals surface area contributed by atoms with Crippen molar-refractivity contribution in [3.05, 3.63) is 28.8 Å². The number of H-pyrrole nitrogens is 1. The highest BCUT2D eigenvalue weighted by atomic mass is 32.2. The maximum Gasteiger partial charge on any atom is 0.236 e. The number of fused-ring (bicyclic) bond motifs is 1. The maximum atomic E-state index is 12.2. The Morgan fingerprint density at radius 3 is 3.00 bits per heavy atom. The molecule has 26 heavy (non-hydrogen) atoms. The van der Waals surface area contributed by atoms with Crippen LogP contribution in [0.1, 0.15) is 48.6 Å². The summed E-state index contributed by atoms with van der Waals surface area (Å²) in [5, 5.41) is 13.7. The second-order valence-electron chi connectivity index (χ2n) is 6.68. The van der Waals surface area contributed by atoms with Gasteiger partial charge < -0.3 is 4.98 Å². The number of thioether (sulfide) groups is 1. The molecule has 1 aromatic carbocycles. The van der Waals surface area contributed by atoms with E-state index in [-0.39, 0.29) is 11.7 Å². The average molecular weight is 388 g/mol. The van der Waals surface area contributed by atoms with Gasteiger partial charge in [-0.2, -0.15) is 0 Å². The first kappa shape index (κ1) is 17.5. The summed E-state index contributed by atoms with van der Waals surface area (Å²) < 4.78 is 0. The van der Waals surface area contributed by atoms with Gasteiger partial charge in [-0.1, -0.05) is 48.4 Å². The molecule has 1 fully saturated rings. The SMILES string of the molecule is Cc1ccc2nc(SCC(=O)Nc3nnc(C4CCCCC4)s3)[nH]c2c1. The molecule has 2 aromatic heterocycles. The highest BCUT2D eigenvalue weighted by molar-refractivity contribution is 7.99. The minimum absolute atomic E-state index is 0.0852. The molecule has 1 aliphatic rings. The number of rotatable bonds is 5. The Bertz CT molecular complexity index is 913. The van der Waals surface area contributed by atoms with E-state index in [2.05, 4.69) is 31.5 Å². The van der Waals surface area contributed by atoms with E-state index in [9.17, 15) is 4.79 Å². The molecule has 2 heterocycles. The van der Waals surface area contributed by atoms with Crippen molar-refractivity contribution in [2.45, 2.75) is 50.1 Å². The predicted molar refractivity (Wildman–Crippen MR) is 106 cm³/mol. The van der Waals surface area contributed by atoms with Crippen LogP contribution in [0.5, 0.6) is 0 Å². The fourth-order valence-electron chi connectivity index (χ4n) is 3.26. The number of carbonyl (C=O) groups excluding carboxylic acids is 1. The lowest BCUT2D eigenvalue weighted by atomic mass is 9.90. The van der Waals surface area contributed by atoms with Crippen LogP contribution in [0, 0.1) is 6.92 Å². The van der Waals surface area contributed by atoms with Gasteiger partial charge in [-0.3, -0.25) is 10.1 Å². The van der Waals surface area contributed by atoms with Crippen LogP contribution in [0.3, 0.4) is 0 Å². The smallest absolute Gasteiger partial charge is 0.236 e. The molecule has 0 radical (unpaired) electrons. The minimum atomic E-state index is -0.0852. The van der Waals surface area contributed by atoms with Crippen molar-refractivity contribution in [3.63, 3.8) is 0 Å². The number of carbonyl (C=O) groups is 1. The highest BCUT2D eigenvalue weighted by Gasteiger charge is 2.20. The number of aryl methyl sites for hydroxylation is 1. The van der Waals surface area contributed by atoms with E-state index in [0.29, 0.717) is 11.0 Å². The molecule has 0 saturated heterocycles. The van der Waals surface area contributed by atoms with Gasteiger partial charge in [-0.15, -0.1) is 10.2 Å². The summed E-state index contributed by atoms with van der Waals surface area (Å²) in [4.78, 5) is 20.0. The molecule has 2 N–H and O–H groups in total. The zero-order valence-electron chi connectivity index (χ0n) is 14.6. The van der Waals surface area contributed by atoms with Crippen molar-refractivity contribution in [2.75, 3.05) is 11.1 Å². The molecule has 8 heteroatoms. The lowest BCUT2D eigenvalue weighted by Gasteiger charge is -2.18. The van der Waals surface area contributed by atoms with Crippen molar-refractivity contribution in [1.82, 2.24) is 20.2 Å². The normalized spacial score (nSPS) is 15.4. The number of amides is 1. The third kappa shape index (κ3) is 4.07. The molecule has 4 rings (SSSR count). The van der Waals surface area contributed by atoms with E-state index in [1.54, 1.807) is 0 Å². The highest BCUT2D eigenvalue weighted by Crippen LogP contribution is 2.35. The Morgan fingerprint density at radius 1 is 1.31 bits per heavy atom. The van der Waals surface area contributed by atoms with Crippen LogP contribution >= 0.6 is 23.1 Å². The summed E-state index contributed by atoms with van der Waals surface area (Å²) in [5.74, 6) is 0.718. The van der Waals surface area contributed by atoms with Crippen molar-refractivity contribution < 1.29 is 4.79 Å². The van der Waals surface area contributed by atoms with Gasteiger partial charge in [0.25, 0.3) is 0 Å². The lowest BCUT2D eigenvalue weighted by Crippen LogP contribution is -2.13. The molecule has 136 valence electrons. The summed E-state index contributed by atoms with van der Waals surface area (Å²) in [6, 6.07) is 6.07. The number of nitrogens with one attached hydrogen (secondary N) is 2. The topological polar surface area (TPSA) is 83.6 Å². The van der Waals surface area contributed by atoms with E-state index in [1.165, 1.54) is 60.8 Å². The molecule has 0 unspecified atom stereocenters. The van der Waals surface area contributed by atoms with Gasteiger partial charge in [0.2, 0.25) is 11.0 Å². The van der Waals surface area contributed by atoms with Crippen molar-refractivity contribution in [2.24, 2.45) is 0 Å². The molecular formula is C18H21N5OS2. The van der Waals surface area contributed by atoms with E-state index in [1.807, 2.05) is 19.1 Å². The van der Waals surface area contributed by atoms with Crippen molar-refractivity contribution in [1.29, 1.82) is 0 Å². The lowest BCUT2D eigenvalue weighted by molar-refractivity contribution is -0.113. The Kier molecular flexibility index (Phi) is 5.21. The predicted octanol–water partition coefficient (Wildman–Crippen LogP) is 4.50. The van der Waals surface area contributed by atoms with Crippen LogP contribution in [-0.4, -0.2) is 31.8 Å². The summed E-state index contributed by atoms with van der Waals surface area (Å²) in [5.41, 5.74) is 3.09. The summed E-state index contributed by atoms with van der Waals surface area (Å²) >= 11 is 2.90. The Morgan fingerprint density at radius 2 is 2.15 bits per heavy atom. The number of benzene rings is 1. The van der Waals surface area contributed by atoms with E-state index in [4.69, 9.17) is 0 Å². The van der Waals surface area contributed by atoms with Gasteiger partial charge in [0.1, 0.15) is 5.01 Å². The minimum Gasteiger partial charge on any atom is -0.333 e. The molecule has 0 bridgehead atoms. The average Bonchev–Trinajstić information content (AvgIpc) is 3.27. The van der Waals surface area contributed by atoms with Gasteiger partial charge in [0.15, 0.2) is 5.16 Å². The van der Waals surface area contributed by atoms with Gasteiger partial charge in [0.05, 0.1) is 16.8 Å². The Balaban J connectivity index is 1.32. The Hall–Kier alpha value is -1.93. The fourth-order valence-corrected chi connectivity index (χ4v) is 4.87. The first-order chi connectivity index (χ1) is 12.7.